The first-order valence-corrected chi connectivity index (χ1v) is 7.52. The molecule has 0 bridgehead atoms. The Hall–Kier alpha value is -3.15. The van der Waals surface area contributed by atoms with E-state index in [2.05, 4.69) is 15.8 Å². The van der Waals surface area contributed by atoms with E-state index in [1.165, 1.54) is 6.21 Å². The van der Waals surface area contributed by atoms with Crippen molar-refractivity contribution in [2.45, 2.75) is 13.8 Å². The lowest BCUT2D eigenvalue weighted by atomic mass is 10.2. The monoisotopic (exact) mass is 325 g/mol. The van der Waals surface area contributed by atoms with Crippen LogP contribution in [0, 0.1) is 6.92 Å². The molecule has 2 aromatic rings. The van der Waals surface area contributed by atoms with Gasteiger partial charge in [-0.1, -0.05) is 29.8 Å². The van der Waals surface area contributed by atoms with Gasteiger partial charge in [-0.05, 0) is 43.7 Å². The van der Waals surface area contributed by atoms with Crippen LogP contribution in [0.2, 0.25) is 0 Å². The third-order valence-corrected chi connectivity index (χ3v) is 3.06. The molecule has 2 amide bonds. The number of carbonyl (C=O) groups is 2. The maximum atomic E-state index is 11.8. The summed E-state index contributed by atoms with van der Waals surface area (Å²) >= 11 is 0. The lowest BCUT2D eigenvalue weighted by Crippen LogP contribution is -2.32. The highest BCUT2D eigenvalue weighted by Gasteiger charge is 2.12. The Labute approximate surface area is 140 Å². The number of anilines is 1. The number of hydrogen-bond donors (Lipinski definition) is 2. The minimum atomic E-state index is -0.840. The first-order chi connectivity index (χ1) is 11.6. The maximum absolute atomic E-state index is 11.8. The van der Waals surface area contributed by atoms with E-state index in [1.807, 2.05) is 44.2 Å². The minimum Gasteiger partial charge on any atom is -0.494 e. The summed E-state index contributed by atoms with van der Waals surface area (Å²) in [6.45, 7) is 4.40. The summed E-state index contributed by atoms with van der Waals surface area (Å²) in [6.07, 6.45) is 1.44. The largest absolute Gasteiger partial charge is 0.494 e. The van der Waals surface area contributed by atoms with Crippen LogP contribution in [0.25, 0.3) is 0 Å². The van der Waals surface area contributed by atoms with Gasteiger partial charge < -0.3 is 10.1 Å². The van der Waals surface area contributed by atoms with Crippen molar-refractivity contribution in [1.82, 2.24) is 5.43 Å². The van der Waals surface area contributed by atoms with Gasteiger partial charge in [-0.3, -0.25) is 9.59 Å². The van der Waals surface area contributed by atoms with E-state index in [1.54, 1.807) is 18.2 Å². The van der Waals surface area contributed by atoms with Gasteiger partial charge in [0.15, 0.2) is 0 Å². The van der Waals surface area contributed by atoms with Crippen molar-refractivity contribution in [3.05, 3.63) is 59.7 Å². The molecule has 0 spiro atoms. The Bertz CT molecular complexity index is 739. The number of aryl methyl sites for hydroxylation is 1. The van der Waals surface area contributed by atoms with E-state index in [0.717, 1.165) is 11.1 Å². The van der Waals surface area contributed by atoms with Crippen LogP contribution >= 0.6 is 0 Å². The van der Waals surface area contributed by atoms with Crippen LogP contribution in [-0.4, -0.2) is 24.6 Å². The number of nitrogens with one attached hydrogen (secondary N) is 2. The molecule has 0 radical (unpaired) electrons. The van der Waals surface area contributed by atoms with Crippen LogP contribution in [0.1, 0.15) is 18.1 Å². The van der Waals surface area contributed by atoms with Gasteiger partial charge in [0.05, 0.1) is 12.8 Å². The van der Waals surface area contributed by atoms with E-state index in [4.69, 9.17) is 4.74 Å². The summed E-state index contributed by atoms with van der Waals surface area (Å²) in [5.74, 6) is -0.906. The van der Waals surface area contributed by atoms with Crippen molar-refractivity contribution >= 4 is 23.7 Å². The molecule has 0 aliphatic carbocycles. The number of nitrogens with zero attached hydrogens (tertiary/aromatic N) is 1. The average Bonchev–Trinajstić information content (AvgIpc) is 2.57. The molecular weight excluding hydrogens is 306 g/mol. The Balaban J connectivity index is 1.88. The van der Waals surface area contributed by atoms with Crippen LogP contribution in [-0.2, 0) is 9.59 Å². The Kier molecular flexibility index (Phi) is 6.08. The second-order valence-electron chi connectivity index (χ2n) is 5.02. The highest BCUT2D eigenvalue weighted by Crippen LogP contribution is 2.11. The third kappa shape index (κ3) is 5.24. The predicted molar refractivity (Wildman–Crippen MR) is 93.2 cm³/mol. The summed E-state index contributed by atoms with van der Waals surface area (Å²) in [7, 11) is 0. The minimum absolute atomic E-state index is 0.550. The van der Waals surface area contributed by atoms with Crippen molar-refractivity contribution in [1.29, 1.82) is 0 Å². The van der Waals surface area contributed by atoms with Gasteiger partial charge in [-0.25, -0.2) is 5.43 Å². The van der Waals surface area contributed by atoms with Crippen molar-refractivity contribution in [2.24, 2.45) is 5.10 Å². The van der Waals surface area contributed by atoms with Crippen molar-refractivity contribution in [3.8, 4) is 5.75 Å². The fraction of sp³-hybridized carbons (Fsp3) is 0.167. The molecule has 6 heteroatoms. The molecule has 0 aromatic heterocycles. The Morgan fingerprint density at radius 3 is 2.58 bits per heavy atom. The number of hydrazone groups is 1. The molecule has 0 aliphatic heterocycles. The predicted octanol–water partition coefficient (Wildman–Crippen LogP) is 2.48. The van der Waals surface area contributed by atoms with E-state index in [9.17, 15) is 9.59 Å². The van der Waals surface area contributed by atoms with Gasteiger partial charge in [0.1, 0.15) is 5.75 Å². The zero-order chi connectivity index (χ0) is 17.4. The van der Waals surface area contributed by atoms with Crippen molar-refractivity contribution < 1.29 is 14.3 Å². The van der Waals surface area contributed by atoms with Crippen molar-refractivity contribution in [2.75, 3.05) is 11.9 Å². The fourth-order valence-electron chi connectivity index (χ4n) is 1.89. The van der Waals surface area contributed by atoms with Gasteiger partial charge in [0, 0.05) is 5.69 Å². The number of carbonyl (C=O) groups excluding carboxylic acids is 2. The van der Waals surface area contributed by atoms with E-state index in [-0.39, 0.29) is 0 Å². The molecule has 0 atom stereocenters. The van der Waals surface area contributed by atoms with Crippen LogP contribution in [0.5, 0.6) is 5.75 Å². The van der Waals surface area contributed by atoms with Crippen LogP contribution in [0.3, 0.4) is 0 Å². The average molecular weight is 325 g/mol. The zero-order valence-electron chi connectivity index (χ0n) is 13.6. The van der Waals surface area contributed by atoms with Gasteiger partial charge in [-0.2, -0.15) is 5.10 Å². The molecule has 0 fully saturated rings. The summed E-state index contributed by atoms with van der Waals surface area (Å²) < 4.78 is 5.37. The van der Waals surface area contributed by atoms with Crippen LogP contribution in [0.4, 0.5) is 5.69 Å². The highest BCUT2D eigenvalue weighted by atomic mass is 16.5. The summed E-state index contributed by atoms with van der Waals surface area (Å²) in [4.78, 5) is 23.5. The molecule has 2 N–H and O–H groups in total. The smallest absolute Gasteiger partial charge is 0.329 e. The number of rotatable bonds is 5. The molecule has 0 aliphatic rings. The summed E-state index contributed by atoms with van der Waals surface area (Å²) in [6, 6.07) is 14.4. The number of benzene rings is 2. The molecule has 2 rings (SSSR count). The Morgan fingerprint density at radius 2 is 1.88 bits per heavy atom. The standard InChI is InChI=1S/C18H19N3O3/c1-3-24-16-6-4-5-14(11-16)12-19-21-18(23)17(22)20-15-9-7-13(2)8-10-15/h4-12H,3H2,1-2H3,(H,20,22)(H,21,23)/b19-12-. The van der Waals surface area contributed by atoms with Gasteiger partial charge >= 0.3 is 11.8 Å². The zero-order valence-corrected chi connectivity index (χ0v) is 13.6. The van der Waals surface area contributed by atoms with Gasteiger partial charge in [0.25, 0.3) is 0 Å². The van der Waals surface area contributed by atoms with E-state index >= 15 is 0 Å². The molecular formula is C18H19N3O3. The second kappa shape index (κ2) is 8.47. The maximum Gasteiger partial charge on any atom is 0.329 e. The van der Waals surface area contributed by atoms with Gasteiger partial charge in [0.2, 0.25) is 0 Å². The molecule has 6 nitrogen and oxygen atoms in total. The molecule has 0 heterocycles. The molecule has 2 aromatic carbocycles. The number of amides is 2. The molecule has 0 saturated carbocycles. The van der Waals surface area contributed by atoms with Crippen LogP contribution < -0.4 is 15.5 Å². The third-order valence-electron chi connectivity index (χ3n) is 3.06. The highest BCUT2D eigenvalue weighted by molar-refractivity contribution is 6.39. The topological polar surface area (TPSA) is 79.8 Å². The normalized spacial score (nSPS) is 10.4. The van der Waals surface area contributed by atoms with Crippen LogP contribution in [0.15, 0.2) is 53.6 Å². The lowest BCUT2D eigenvalue weighted by Gasteiger charge is -2.04. The number of hydrogen-bond acceptors (Lipinski definition) is 4. The second-order valence-corrected chi connectivity index (χ2v) is 5.02. The fourth-order valence-corrected chi connectivity index (χ4v) is 1.89. The summed E-state index contributed by atoms with van der Waals surface area (Å²) in [5.41, 5.74) is 4.56. The van der Waals surface area contributed by atoms with E-state index < -0.39 is 11.8 Å². The molecule has 124 valence electrons. The quantitative estimate of drug-likeness (QED) is 0.503. The first-order valence-electron chi connectivity index (χ1n) is 7.52. The number of ether oxygens (including phenoxy) is 1. The molecule has 24 heavy (non-hydrogen) atoms. The van der Waals surface area contributed by atoms with E-state index in [0.29, 0.717) is 18.0 Å². The summed E-state index contributed by atoms with van der Waals surface area (Å²) in [5, 5.41) is 6.28. The Morgan fingerprint density at radius 1 is 1.12 bits per heavy atom. The SMILES string of the molecule is CCOc1cccc(/C=N\NC(=O)C(=O)Nc2ccc(C)cc2)c1. The first kappa shape index (κ1) is 17.2. The lowest BCUT2D eigenvalue weighted by molar-refractivity contribution is -0.136. The van der Waals surface area contributed by atoms with Gasteiger partial charge in [-0.15, -0.1) is 0 Å². The molecule has 0 unspecified atom stereocenters. The van der Waals surface area contributed by atoms with Crippen molar-refractivity contribution in [3.63, 3.8) is 0 Å². The molecule has 0 saturated heterocycles.